The minimum atomic E-state index is -4.43. The van der Waals surface area contributed by atoms with Gasteiger partial charge in [0.1, 0.15) is 5.82 Å². The lowest BCUT2D eigenvalue weighted by Crippen LogP contribution is -2.05. The lowest BCUT2D eigenvalue weighted by atomic mass is 9.97. The molecule has 0 saturated heterocycles. The zero-order valence-electron chi connectivity index (χ0n) is 10.3. The number of nitrogens with zero attached hydrogens (tertiary/aromatic N) is 2. The van der Waals surface area contributed by atoms with Gasteiger partial charge in [0.2, 0.25) is 0 Å². The summed E-state index contributed by atoms with van der Waals surface area (Å²) < 4.78 is 38.2. The van der Waals surface area contributed by atoms with Crippen molar-refractivity contribution in [2.24, 2.45) is 0 Å². The monoisotopic (exact) mass is 277 g/mol. The Kier molecular flexibility index (Phi) is 3.61. The van der Waals surface area contributed by atoms with Crippen LogP contribution >= 0.6 is 0 Å². The Hall–Kier alpha value is -2.55. The predicted molar refractivity (Wildman–Crippen MR) is 68.4 cm³/mol. The van der Waals surface area contributed by atoms with Crippen LogP contribution in [-0.2, 0) is 12.6 Å². The van der Waals surface area contributed by atoms with Gasteiger partial charge >= 0.3 is 6.18 Å². The van der Waals surface area contributed by atoms with Crippen LogP contribution in [0.1, 0.15) is 11.1 Å². The molecule has 0 aliphatic rings. The molecule has 2 rings (SSSR count). The van der Waals surface area contributed by atoms with Crippen molar-refractivity contribution in [2.75, 3.05) is 5.73 Å². The van der Waals surface area contributed by atoms with Crippen molar-refractivity contribution in [1.29, 1.82) is 5.26 Å². The zero-order valence-corrected chi connectivity index (χ0v) is 10.3. The van der Waals surface area contributed by atoms with E-state index < -0.39 is 11.7 Å². The van der Waals surface area contributed by atoms with Gasteiger partial charge in [-0.15, -0.1) is 0 Å². The first-order chi connectivity index (χ1) is 9.43. The number of alkyl halides is 3. The third-order valence-corrected chi connectivity index (χ3v) is 2.81. The van der Waals surface area contributed by atoms with Gasteiger partial charge in [0.05, 0.1) is 18.1 Å². The van der Waals surface area contributed by atoms with Gasteiger partial charge in [-0.05, 0) is 29.3 Å². The Morgan fingerprint density at radius 3 is 2.65 bits per heavy atom. The van der Waals surface area contributed by atoms with Crippen LogP contribution in [0.4, 0.5) is 19.0 Å². The molecule has 0 bridgehead atoms. The predicted octanol–water partition coefficient (Wildman–Crippen LogP) is 3.42. The Bertz CT molecular complexity index is 672. The van der Waals surface area contributed by atoms with Crippen LogP contribution in [0.5, 0.6) is 0 Å². The number of aromatic nitrogens is 1. The van der Waals surface area contributed by atoms with Crippen LogP contribution in [0.3, 0.4) is 0 Å². The number of nitrogen functional groups attached to an aromatic ring is 1. The highest BCUT2D eigenvalue weighted by atomic mass is 19.4. The molecule has 0 saturated carbocycles. The number of anilines is 1. The van der Waals surface area contributed by atoms with E-state index in [4.69, 9.17) is 11.0 Å². The molecule has 6 heteroatoms. The fraction of sp³-hybridized carbons (Fsp3) is 0.143. The molecular formula is C14H10F3N3. The summed E-state index contributed by atoms with van der Waals surface area (Å²) in [6.45, 7) is 0. The molecule has 1 heterocycles. The number of hydrogen-bond acceptors (Lipinski definition) is 3. The van der Waals surface area contributed by atoms with E-state index in [1.165, 1.54) is 18.3 Å². The largest absolute Gasteiger partial charge is 0.416 e. The first-order valence-corrected chi connectivity index (χ1v) is 5.71. The van der Waals surface area contributed by atoms with Crippen LogP contribution in [0.2, 0.25) is 0 Å². The number of rotatable bonds is 2. The molecule has 20 heavy (non-hydrogen) atoms. The highest BCUT2D eigenvalue weighted by Crippen LogP contribution is 2.34. The highest BCUT2D eigenvalue weighted by molar-refractivity contribution is 5.77. The van der Waals surface area contributed by atoms with E-state index >= 15 is 0 Å². The molecule has 1 aromatic heterocycles. The van der Waals surface area contributed by atoms with Gasteiger partial charge in [0.25, 0.3) is 0 Å². The fourth-order valence-electron chi connectivity index (χ4n) is 1.94. The maximum atomic E-state index is 12.7. The maximum Gasteiger partial charge on any atom is 0.416 e. The second-order valence-corrected chi connectivity index (χ2v) is 4.14. The summed E-state index contributed by atoms with van der Waals surface area (Å²) in [5.74, 6) is 0.108. The van der Waals surface area contributed by atoms with Crippen molar-refractivity contribution >= 4 is 5.82 Å². The summed E-state index contributed by atoms with van der Waals surface area (Å²) >= 11 is 0. The number of hydrogen-bond donors (Lipinski definition) is 1. The molecule has 0 amide bonds. The summed E-state index contributed by atoms with van der Waals surface area (Å²) in [6, 6.07) is 8.36. The highest BCUT2D eigenvalue weighted by Gasteiger charge is 2.30. The van der Waals surface area contributed by atoms with Crippen LogP contribution < -0.4 is 5.73 Å². The van der Waals surface area contributed by atoms with Gasteiger partial charge in [-0.2, -0.15) is 18.4 Å². The quantitative estimate of drug-likeness (QED) is 0.914. The Labute approximate surface area is 113 Å². The van der Waals surface area contributed by atoms with Gasteiger partial charge in [-0.1, -0.05) is 12.1 Å². The van der Waals surface area contributed by atoms with E-state index in [2.05, 4.69) is 4.98 Å². The van der Waals surface area contributed by atoms with Gasteiger partial charge < -0.3 is 5.73 Å². The molecule has 0 spiro atoms. The molecule has 2 N–H and O–H groups in total. The first kappa shape index (κ1) is 13.9. The molecular weight excluding hydrogens is 267 g/mol. The van der Waals surface area contributed by atoms with Crippen molar-refractivity contribution in [2.45, 2.75) is 12.6 Å². The smallest absolute Gasteiger partial charge is 0.383 e. The fourth-order valence-corrected chi connectivity index (χ4v) is 1.94. The van der Waals surface area contributed by atoms with E-state index in [0.717, 1.165) is 12.1 Å². The van der Waals surface area contributed by atoms with Gasteiger partial charge in [-0.25, -0.2) is 4.98 Å². The number of pyridine rings is 1. The molecule has 3 nitrogen and oxygen atoms in total. The maximum absolute atomic E-state index is 12.7. The van der Waals surface area contributed by atoms with Crippen LogP contribution in [0, 0.1) is 11.3 Å². The standard InChI is InChI=1S/C14H10F3N3/c15-14(16,17)11-3-1-2-10(8-11)12-9(4-6-18)5-7-20-13(12)19/h1-3,5,7-8H,4H2,(H2,19,20). The normalized spacial score (nSPS) is 11.1. The molecule has 0 aliphatic carbocycles. The Balaban J connectivity index is 2.60. The molecule has 2 aromatic rings. The van der Waals surface area contributed by atoms with E-state index in [-0.39, 0.29) is 12.2 Å². The third-order valence-electron chi connectivity index (χ3n) is 2.81. The number of nitriles is 1. The lowest BCUT2D eigenvalue weighted by Gasteiger charge is -2.12. The molecule has 0 radical (unpaired) electrons. The second kappa shape index (κ2) is 5.21. The van der Waals surface area contributed by atoms with E-state index in [1.54, 1.807) is 6.07 Å². The van der Waals surface area contributed by atoms with Gasteiger partial charge in [0.15, 0.2) is 0 Å². The second-order valence-electron chi connectivity index (χ2n) is 4.14. The van der Waals surface area contributed by atoms with E-state index in [9.17, 15) is 13.2 Å². The van der Waals surface area contributed by atoms with Crippen LogP contribution in [0.15, 0.2) is 36.5 Å². The topological polar surface area (TPSA) is 62.7 Å². The Morgan fingerprint density at radius 1 is 1.25 bits per heavy atom. The summed E-state index contributed by atoms with van der Waals surface area (Å²) in [7, 11) is 0. The van der Waals surface area contributed by atoms with E-state index in [0.29, 0.717) is 16.7 Å². The zero-order chi connectivity index (χ0) is 14.8. The average Bonchev–Trinajstić information content (AvgIpc) is 2.38. The van der Waals surface area contributed by atoms with E-state index in [1.807, 2.05) is 6.07 Å². The third kappa shape index (κ3) is 2.72. The lowest BCUT2D eigenvalue weighted by molar-refractivity contribution is -0.137. The summed E-state index contributed by atoms with van der Waals surface area (Å²) in [6.07, 6.45) is -2.94. The minimum absolute atomic E-state index is 0.0539. The van der Waals surface area contributed by atoms with Crippen molar-refractivity contribution in [3.8, 4) is 17.2 Å². The SMILES string of the molecule is N#CCc1ccnc(N)c1-c1cccc(C(F)(F)F)c1. The molecule has 102 valence electrons. The molecule has 0 aliphatic heterocycles. The van der Waals surface area contributed by atoms with Crippen LogP contribution in [-0.4, -0.2) is 4.98 Å². The Morgan fingerprint density at radius 2 is 2.00 bits per heavy atom. The molecule has 0 fully saturated rings. The molecule has 0 unspecified atom stereocenters. The summed E-state index contributed by atoms with van der Waals surface area (Å²) in [4.78, 5) is 3.88. The van der Waals surface area contributed by atoms with Crippen molar-refractivity contribution in [1.82, 2.24) is 4.98 Å². The van der Waals surface area contributed by atoms with Crippen LogP contribution in [0.25, 0.3) is 11.1 Å². The minimum Gasteiger partial charge on any atom is -0.383 e. The van der Waals surface area contributed by atoms with Gasteiger partial charge in [-0.3, -0.25) is 0 Å². The van der Waals surface area contributed by atoms with Crippen molar-refractivity contribution in [3.63, 3.8) is 0 Å². The number of halogens is 3. The summed E-state index contributed by atoms with van der Waals surface area (Å²) in [5, 5.41) is 8.77. The average molecular weight is 277 g/mol. The number of benzene rings is 1. The summed E-state index contributed by atoms with van der Waals surface area (Å²) in [5.41, 5.74) is 6.21. The number of nitrogens with two attached hydrogens (primary N) is 1. The van der Waals surface area contributed by atoms with Crippen molar-refractivity contribution < 1.29 is 13.2 Å². The molecule has 0 atom stereocenters. The molecule has 1 aromatic carbocycles. The first-order valence-electron chi connectivity index (χ1n) is 5.71. The van der Waals surface area contributed by atoms with Gasteiger partial charge in [0, 0.05) is 11.8 Å². The van der Waals surface area contributed by atoms with Crippen molar-refractivity contribution in [3.05, 3.63) is 47.7 Å².